The zero-order valence-corrected chi connectivity index (χ0v) is 19.8. The molecule has 0 aliphatic heterocycles. The van der Waals surface area contributed by atoms with Crippen molar-refractivity contribution in [2.24, 2.45) is 4.99 Å². The summed E-state index contributed by atoms with van der Waals surface area (Å²) in [5, 5.41) is 1.35. The molecule has 0 radical (unpaired) electrons. The second kappa shape index (κ2) is 13.6. The fraction of sp³-hybridized carbons (Fsp3) is 0.696. The minimum absolute atomic E-state index is 1.02. The molecule has 0 saturated heterocycles. The Morgan fingerprint density at radius 1 is 0.885 bits per heavy atom. The molecule has 0 heterocycles. The molecule has 1 aromatic carbocycles. The van der Waals surface area contributed by atoms with Crippen molar-refractivity contribution >= 4 is 30.6 Å². The average Bonchev–Trinajstić information content (AvgIpc) is 2.59. The molecule has 0 unspecified atom stereocenters. The first-order valence-corrected chi connectivity index (χ1v) is 15.4. The smallest absolute Gasteiger partial charge is 0.0735 e. The average molecular weight is 392 g/mol. The third-order valence-corrected chi connectivity index (χ3v) is 7.51. The van der Waals surface area contributed by atoms with E-state index in [0.29, 0.717) is 0 Å². The van der Waals surface area contributed by atoms with Gasteiger partial charge in [0.1, 0.15) is 0 Å². The molecule has 0 aromatic heterocycles. The largest absolute Gasteiger partial charge is 0.247 e. The number of aryl methyl sites for hydroxylation is 1. The predicted molar refractivity (Wildman–Crippen MR) is 126 cm³/mol. The van der Waals surface area contributed by atoms with Gasteiger partial charge in [0.05, 0.1) is 10.7 Å². The molecule has 0 N–H and O–H groups in total. The SMILES string of the molecule is CCCCCCCCCCSC(CC[Si](C)(C)C)=Nc1ccc(C)cc1. The topological polar surface area (TPSA) is 12.4 Å². The van der Waals surface area contributed by atoms with Crippen LogP contribution in [-0.2, 0) is 0 Å². The molecule has 0 amide bonds. The third kappa shape index (κ3) is 12.8. The molecule has 1 nitrogen and oxygen atoms in total. The van der Waals surface area contributed by atoms with Crippen molar-refractivity contribution in [1.29, 1.82) is 0 Å². The molecule has 3 heteroatoms. The Morgan fingerprint density at radius 3 is 2.04 bits per heavy atom. The van der Waals surface area contributed by atoms with E-state index in [0.717, 1.165) is 12.1 Å². The van der Waals surface area contributed by atoms with E-state index < -0.39 is 8.07 Å². The number of thioether (sulfide) groups is 1. The van der Waals surface area contributed by atoms with E-state index in [1.807, 2.05) is 11.8 Å². The van der Waals surface area contributed by atoms with Crippen LogP contribution in [0.25, 0.3) is 0 Å². The van der Waals surface area contributed by atoms with Crippen molar-refractivity contribution in [3.63, 3.8) is 0 Å². The highest BCUT2D eigenvalue weighted by molar-refractivity contribution is 8.13. The Kier molecular flexibility index (Phi) is 12.3. The van der Waals surface area contributed by atoms with Crippen LogP contribution >= 0.6 is 11.8 Å². The van der Waals surface area contributed by atoms with Crippen molar-refractivity contribution in [3.05, 3.63) is 29.8 Å². The molecule has 0 aliphatic rings. The van der Waals surface area contributed by atoms with Gasteiger partial charge in [-0.25, -0.2) is 4.99 Å². The van der Waals surface area contributed by atoms with Gasteiger partial charge in [0.15, 0.2) is 0 Å². The van der Waals surface area contributed by atoms with Gasteiger partial charge in [0.2, 0.25) is 0 Å². The normalized spacial score (nSPS) is 12.6. The molecule has 0 saturated carbocycles. The zero-order chi connectivity index (χ0) is 19.3. The van der Waals surface area contributed by atoms with Crippen LogP contribution in [0.3, 0.4) is 0 Å². The number of hydrogen-bond acceptors (Lipinski definition) is 2. The predicted octanol–water partition coefficient (Wildman–Crippen LogP) is 8.63. The Hall–Kier alpha value is -0.543. The molecular formula is C23H41NSSi. The Morgan fingerprint density at radius 2 is 1.46 bits per heavy atom. The van der Waals surface area contributed by atoms with Gasteiger partial charge in [0, 0.05) is 8.07 Å². The summed E-state index contributed by atoms with van der Waals surface area (Å²) in [4.78, 5) is 4.97. The van der Waals surface area contributed by atoms with Gasteiger partial charge in [0.25, 0.3) is 0 Å². The van der Waals surface area contributed by atoms with Crippen molar-refractivity contribution < 1.29 is 0 Å². The molecule has 0 spiro atoms. The number of rotatable bonds is 13. The molecule has 0 bridgehead atoms. The minimum atomic E-state index is -1.02. The van der Waals surface area contributed by atoms with Gasteiger partial charge in [-0.05, 0) is 37.7 Å². The molecule has 148 valence electrons. The number of aliphatic imine (C=N–C) groups is 1. The zero-order valence-electron chi connectivity index (χ0n) is 17.9. The lowest BCUT2D eigenvalue weighted by atomic mass is 10.1. The summed E-state index contributed by atoms with van der Waals surface area (Å²) in [6.45, 7) is 11.8. The quantitative estimate of drug-likeness (QED) is 0.142. The molecule has 0 fully saturated rings. The van der Waals surface area contributed by atoms with E-state index in [4.69, 9.17) is 4.99 Å². The third-order valence-electron chi connectivity index (χ3n) is 4.64. The van der Waals surface area contributed by atoms with Gasteiger partial charge >= 0.3 is 0 Å². The summed E-state index contributed by atoms with van der Waals surface area (Å²) in [6, 6.07) is 9.97. The first-order valence-electron chi connectivity index (χ1n) is 10.7. The van der Waals surface area contributed by atoms with Gasteiger partial charge in [-0.2, -0.15) is 0 Å². The van der Waals surface area contributed by atoms with E-state index in [1.165, 1.54) is 73.8 Å². The minimum Gasteiger partial charge on any atom is -0.247 e. The van der Waals surface area contributed by atoms with E-state index in [-0.39, 0.29) is 0 Å². The fourth-order valence-electron chi connectivity index (χ4n) is 2.83. The van der Waals surface area contributed by atoms with Crippen molar-refractivity contribution in [1.82, 2.24) is 0 Å². The van der Waals surface area contributed by atoms with Crippen molar-refractivity contribution in [2.45, 2.75) is 97.3 Å². The Labute approximate surface area is 168 Å². The van der Waals surface area contributed by atoms with Crippen molar-refractivity contribution in [2.75, 3.05) is 5.75 Å². The highest BCUT2D eigenvalue weighted by atomic mass is 32.2. The highest BCUT2D eigenvalue weighted by Gasteiger charge is 2.14. The Balaban J connectivity index is 2.39. The molecular weight excluding hydrogens is 350 g/mol. The van der Waals surface area contributed by atoms with E-state index >= 15 is 0 Å². The van der Waals surface area contributed by atoms with Crippen LogP contribution < -0.4 is 0 Å². The maximum Gasteiger partial charge on any atom is 0.0735 e. The number of nitrogens with zero attached hydrogens (tertiary/aromatic N) is 1. The molecule has 26 heavy (non-hydrogen) atoms. The van der Waals surface area contributed by atoms with Gasteiger partial charge in [-0.15, -0.1) is 11.8 Å². The van der Waals surface area contributed by atoms with Crippen LogP contribution in [0, 0.1) is 6.92 Å². The first-order chi connectivity index (χ1) is 12.4. The van der Waals surface area contributed by atoms with Gasteiger partial charge in [-0.1, -0.05) is 95.3 Å². The summed E-state index contributed by atoms with van der Waals surface area (Å²) >= 11 is 2.01. The molecule has 1 aromatic rings. The van der Waals surface area contributed by atoms with Gasteiger partial charge < -0.3 is 0 Å². The summed E-state index contributed by atoms with van der Waals surface area (Å²) in [5.74, 6) is 1.23. The van der Waals surface area contributed by atoms with Crippen molar-refractivity contribution in [3.8, 4) is 0 Å². The van der Waals surface area contributed by atoms with Crippen LogP contribution in [0.15, 0.2) is 29.3 Å². The standard InChI is InChI=1S/C23H41NSSi/c1-6-7-8-9-10-11-12-13-19-25-23(18-20-26(3,4)5)24-22-16-14-21(2)15-17-22/h14-17H,6-13,18-20H2,1-5H3. The summed E-state index contributed by atoms with van der Waals surface area (Å²) in [7, 11) is -1.02. The summed E-state index contributed by atoms with van der Waals surface area (Å²) in [6.07, 6.45) is 12.3. The van der Waals surface area contributed by atoms with Crippen LogP contribution in [-0.4, -0.2) is 18.9 Å². The van der Waals surface area contributed by atoms with Crippen LogP contribution in [0.5, 0.6) is 0 Å². The van der Waals surface area contributed by atoms with Gasteiger partial charge in [-0.3, -0.25) is 0 Å². The Bertz CT molecular complexity index is 502. The maximum absolute atomic E-state index is 4.97. The van der Waals surface area contributed by atoms with E-state index in [9.17, 15) is 0 Å². The number of unbranched alkanes of at least 4 members (excludes halogenated alkanes) is 7. The van der Waals surface area contributed by atoms with E-state index in [2.05, 4.69) is 57.8 Å². The van der Waals surface area contributed by atoms with E-state index in [1.54, 1.807) is 0 Å². The molecule has 0 aliphatic carbocycles. The summed E-state index contributed by atoms with van der Waals surface area (Å²) < 4.78 is 0. The number of hydrogen-bond donors (Lipinski definition) is 0. The first kappa shape index (κ1) is 23.5. The summed E-state index contributed by atoms with van der Waals surface area (Å²) in [5.41, 5.74) is 2.42. The molecule has 1 rings (SSSR count). The second-order valence-electron chi connectivity index (χ2n) is 8.73. The molecule has 0 atom stereocenters. The lowest BCUT2D eigenvalue weighted by Crippen LogP contribution is -2.20. The number of benzene rings is 1. The maximum atomic E-state index is 4.97. The lowest BCUT2D eigenvalue weighted by Gasteiger charge is -2.16. The highest BCUT2D eigenvalue weighted by Crippen LogP contribution is 2.23. The van der Waals surface area contributed by atoms with Crippen LogP contribution in [0.4, 0.5) is 5.69 Å². The lowest BCUT2D eigenvalue weighted by molar-refractivity contribution is 0.586. The second-order valence-corrected chi connectivity index (χ2v) is 15.5. The fourth-order valence-corrected chi connectivity index (χ4v) is 5.00. The van der Waals surface area contributed by atoms with Crippen LogP contribution in [0.2, 0.25) is 25.7 Å². The monoisotopic (exact) mass is 391 g/mol. The van der Waals surface area contributed by atoms with Crippen LogP contribution in [0.1, 0.15) is 70.3 Å².